The number of aliphatic hydroxyl groups is 1. The van der Waals surface area contributed by atoms with Gasteiger partial charge >= 0.3 is 0 Å². The highest BCUT2D eigenvalue weighted by molar-refractivity contribution is 5.94. The van der Waals surface area contributed by atoms with Crippen molar-refractivity contribution in [1.82, 2.24) is 20.4 Å². The van der Waals surface area contributed by atoms with Crippen molar-refractivity contribution in [3.05, 3.63) is 88.5 Å². The second-order valence-corrected chi connectivity index (χ2v) is 7.42. The van der Waals surface area contributed by atoms with E-state index in [1.54, 1.807) is 24.1 Å². The summed E-state index contributed by atoms with van der Waals surface area (Å²) in [6.45, 7) is 3.45. The Hall–Kier alpha value is -3.03. The summed E-state index contributed by atoms with van der Waals surface area (Å²) in [5, 5.41) is 20.4. The Morgan fingerprint density at radius 2 is 1.90 bits per heavy atom. The molecular weight excluding hydrogens is 383 g/mol. The van der Waals surface area contributed by atoms with Crippen molar-refractivity contribution in [2.24, 2.45) is 0 Å². The van der Waals surface area contributed by atoms with Crippen molar-refractivity contribution in [2.45, 2.75) is 26.0 Å². The molecule has 3 rings (SSSR count). The van der Waals surface area contributed by atoms with Crippen molar-refractivity contribution < 1.29 is 14.3 Å². The third-order valence-corrected chi connectivity index (χ3v) is 4.89. The summed E-state index contributed by atoms with van der Waals surface area (Å²) in [6.07, 6.45) is 0.0898. The van der Waals surface area contributed by atoms with Gasteiger partial charge in [-0.1, -0.05) is 24.3 Å². The first-order valence-corrected chi connectivity index (χ1v) is 9.92. The third-order valence-electron chi connectivity index (χ3n) is 4.89. The van der Waals surface area contributed by atoms with Gasteiger partial charge in [0.25, 0.3) is 5.91 Å². The maximum absolute atomic E-state index is 12.9. The zero-order valence-electron chi connectivity index (χ0n) is 17.2. The van der Waals surface area contributed by atoms with Crippen LogP contribution in [0.15, 0.2) is 54.6 Å². The first-order chi connectivity index (χ1) is 14.4. The first-order valence-electron chi connectivity index (χ1n) is 9.92. The highest BCUT2D eigenvalue weighted by Gasteiger charge is 2.13. The first kappa shape index (κ1) is 21.7. The zero-order chi connectivity index (χ0) is 21.5. The molecule has 30 heavy (non-hydrogen) atoms. The van der Waals surface area contributed by atoms with Crippen LogP contribution < -0.4 is 5.32 Å². The van der Waals surface area contributed by atoms with Crippen molar-refractivity contribution in [3.63, 3.8) is 0 Å². The Kier molecular flexibility index (Phi) is 7.32. The highest BCUT2D eigenvalue weighted by Crippen LogP contribution is 2.13. The number of halogens is 1. The van der Waals surface area contributed by atoms with Crippen molar-refractivity contribution in [1.29, 1.82) is 0 Å². The summed E-state index contributed by atoms with van der Waals surface area (Å²) >= 11 is 0. The second kappa shape index (κ2) is 10.1. The standard InChI is InChI=1S/C23H27FN4O2/c1-16-13-21(27-26-16)15-28(2)23(30)19-5-3-17(4-6-19)11-12-25-14-22(29)18-7-9-20(24)10-8-18/h3-10,13,22,25,29H,11-12,14-15H2,1-2H3,(H,26,27)/t22-/m0/s1. The van der Waals surface area contributed by atoms with Crippen molar-refractivity contribution in [2.75, 3.05) is 20.1 Å². The Bertz CT molecular complexity index is 954. The van der Waals surface area contributed by atoms with Crippen LogP contribution in [0.25, 0.3) is 0 Å². The molecule has 1 amide bonds. The Morgan fingerprint density at radius 3 is 2.53 bits per heavy atom. The third kappa shape index (κ3) is 5.98. The summed E-state index contributed by atoms with van der Waals surface area (Å²) in [7, 11) is 1.76. The molecule has 1 atom stereocenters. The molecule has 0 spiro atoms. The number of hydrogen-bond donors (Lipinski definition) is 3. The fraction of sp³-hybridized carbons (Fsp3) is 0.304. The van der Waals surface area contributed by atoms with Gasteiger partial charge in [0.15, 0.2) is 0 Å². The summed E-state index contributed by atoms with van der Waals surface area (Å²) in [5.41, 5.74) is 4.21. The molecule has 0 saturated heterocycles. The van der Waals surface area contributed by atoms with Gasteiger partial charge in [-0.25, -0.2) is 4.39 Å². The Labute approximate surface area is 175 Å². The van der Waals surface area contributed by atoms with Crippen LogP contribution >= 0.6 is 0 Å². The van der Waals surface area contributed by atoms with E-state index in [2.05, 4.69) is 15.5 Å². The van der Waals surface area contributed by atoms with Crippen LogP contribution in [-0.2, 0) is 13.0 Å². The number of aryl methyl sites for hydroxylation is 1. The normalized spacial score (nSPS) is 12.0. The largest absolute Gasteiger partial charge is 0.387 e. The monoisotopic (exact) mass is 410 g/mol. The van der Waals surface area contributed by atoms with Crippen LogP contribution in [0.2, 0.25) is 0 Å². The predicted molar refractivity (Wildman–Crippen MR) is 113 cm³/mol. The van der Waals surface area contributed by atoms with Crippen LogP contribution in [0.4, 0.5) is 4.39 Å². The van der Waals surface area contributed by atoms with Crippen molar-refractivity contribution >= 4 is 5.91 Å². The van der Waals surface area contributed by atoms with Crippen molar-refractivity contribution in [3.8, 4) is 0 Å². The number of rotatable bonds is 9. The minimum absolute atomic E-state index is 0.0530. The molecule has 3 N–H and O–H groups in total. The molecule has 1 heterocycles. The molecule has 0 aliphatic rings. The minimum atomic E-state index is -0.681. The second-order valence-electron chi connectivity index (χ2n) is 7.42. The van der Waals surface area contributed by atoms with Crippen LogP contribution in [0.5, 0.6) is 0 Å². The van der Waals surface area contributed by atoms with E-state index in [9.17, 15) is 14.3 Å². The molecule has 0 unspecified atom stereocenters. The lowest BCUT2D eigenvalue weighted by Gasteiger charge is -2.16. The van der Waals surface area contributed by atoms with E-state index in [-0.39, 0.29) is 11.7 Å². The van der Waals surface area contributed by atoms with Crippen LogP contribution in [-0.4, -0.2) is 46.2 Å². The number of aliphatic hydroxyl groups excluding tert-OH is 1. The fourth-order valence-corrected chi connectivity index (χ4v) is 3.18. The van der Waals surface area contributed by atoms with Gasteiger partial charge in [0.05, 0.1) is 18.3 Å². The zero-order valence-corrected chi connectivity index (χ0v) is 17.2. The quantitative estimate of drug-likeness (QED) is 0.474. The summed E-state index contributed by atoms with van der Waals surface area (Å²) in [5.74, 6) is -0.369. The molecular formula is C23H27FN4O2. The van der Waals surface area contributed by atoms with Gasteiger partial charge in [0.2, 0.25) is 0 Å². The predicted octanol–water partition coefficient (Wildman–Crippen LogP) is 3.00. The average Bonchev–Trinajstić information content (AvgIpc) is 3.16. The maximum Gasteiger partial charge on any atom is 0.253 e. The number of amides is 1. The molecule has 0 saturated carbocycles. The number of nitrogens with one attached hydrogen (secondary N) is 2. The summed E-state index contributed by atoms with van der Waals surface area (Å²) in [6, 6.07) is 15.3. The summed E-state index contributed by atoms with van der Waals surface area (Å²) < 4.78 is 12.9. The molecule has 0 radical (unpaired) electrons. The Balaban J connectivity index is 1.43. The van der Waals surface area contributed by atoms with E-state index in [0.717, 1.165) is 23.4 Å². The average molecular weight is 410 g/mol. The van der Waals surface area contributed by atoms with Crippen LogP contribution in [0, 0.1) is 12.7 Å². The molecule has 6 nitrogen and oxygen atoms in total. The smallest absolute Gasteiger partial charge is 0.253 e. The number of carbonyl (C=O) groups excluding carboxylic acids is 1. The Morgan fingerprint density at radius 1 is 1.20 bits per heavy atom. The van der Waals surface area contributed by atoms with Gasteiger partial charge in [-0.3, -0.25) is 9.89 Å². The number of carbonyl (C=O) groups is 1. The molecule has 7 heteroatoms. The van der Waals surface area contributed by atoms with Crippen LogP contribution in [0.1, 0.15) is 39.0 Å². The number of H-pyrrole nitrogens is 1. The van der Waals surface area contributed by atoms with E-state index in [1.807, 2.05) is 37.3 Å². The van der Waals surface area contributed by atoms with E-state index in [0.29, 0.717) is 30.8 Å². The molecule has 3 aromatic rings. The molecule has 158 valence electrons. The lowest BCUT2D eigenvalue weighted by Crippen LogP contribution is -2.26. The van der Waals surface area contributed by atoms with Gasteiger partial charge in [-0.2, -0.15) is 5.10 Å². The van der Waals surface area contributed by atoms with E-state index < -0.39 is 6.10 Å². The number of benzene rings is 2. The van der Waals surface area contributed by atoms with Crippen LogP contribution in [0.3, 0.4) is 0 Å². The van der Waals surface area contributed by atoms with Gasteiger partial charge in [-0.15, -0.1) is 0 Å². The van der Waals surface area contributed by atoms with E-state index >= 15 is 0 Å². The molecule has 0 aliphatic carbocycles. The number of nitrogens with zero attached hydrogens (tertiary/aromatic N) is 2. The molecule has 2 aromatic carbocycles. The number of aromatic amines is 1. The fourth-order valence-electron chi connectivity index (χ4n) is 3.18. The van der Waals surface area contributed by atoms with Gasteiger partial charge in [0.1, 0.15) is 5.82 Å². The molecule has 0 fully saturated rings. The lowest BCUT2D eigenvalue weighted by molar-refractivity contribution is 0.0783. The molecule has 1 aromatic heterocycles. The number of hydrogen-bond acceptors (Lipinski definition) is 4. The van der Waals surface area contributed by atoms with Gasteiger partial charge in [-0.05, 0) is 61.3 Å². The van der Waals surface area contributed by atoms with E-state index in [4.69, 9.17) is 0 Å². The van der Waals surface area contributed by atoms with Gasteiger partial charge < -0.3 is 15.3 Å². The molecule has 0 aliphatic heterocycles. The molecule has 0 bridgehead atoms. The topological polar surface area (TPSA) is 81.2 Å². The summed E-state index contributed by atoms with van der Waals surface area (Å²) in [4.78, 5) is 14.2. The maximum atomic E-state index is 12.9. The minimum Gasteiger partial charge on any atom is -0.387 e. The van der Waals surface area contributed by atoms with E-state index in [1.165, 1.54) is 12.1 Å². The highest BCUT2D eigenvalue weighted by atomic mass is 19.1. The SMILES string of the molecule is Cc1cc(CN(C)C(=O)c2ccc(CCNC[C@H](O)c3ccc(F)cc3)cc2)n[nH]1. The van der Waals surface area contributed by atoms with Gasteiger partial charge in [0, 0.05) is 24.8 Å². The number of aromatic nitrogens is 2. The lowest BCUT2D eigenvalue weighted by atomic mass is 10.1.